The molecular weight excluding hydrogens is 831 g/mol. The second-order valence-electron chi connectivity index (χ2n) is 27.6. The van der Waals surface area contributed by atoms with Crippen LogP contribution < -0.4 is 0 Å². The van der Waals surface area contributed by atoms with Crippen molar-refractivity contribution in [3.05, 3.63) is 29.3 Å². The third-order valence-corrected chi connectivity index (χ3v) is 17.7. The zero-order valence-corrected chi connectivity index (χ0v) is 47.6. The van der Waals surface area contributed by atoms with Crippen LogP contribution in [0.5, 0.6) is 5.75 Å². The van der Waals surface area contributed by atoms with Crippen molar-refractivity contribution in [2.45, 2.75) is 229 Å². The van der Waals surface area contributed by atoms with Crippen LogP contribution in [0.2, 0.25) is 0 Å². The summed E-state index contributed by atoms with van der Waals surface area (Å²) in [5.74, 6) is 1.11. The van der Waals surface area contributed by atoms with Crippen LogP contribution in [0.4, 0.5) is 0 Å². The monoisotopic (exact) mass is 936 g/mol. The number of unbranched alkanes of at least 4 members (excludes halogenated alkanes) is 1. The molecule has 3 fully saturated rings. The Kier molecular flexibility index (Phi) is 20.7. The molecule has 3 aliphatic rings. The molecule has 0 radical (unpaired) electrons. The number of likely N-dealkylation sites (tertiary alicyclic amines) is 3. The van der Waals surface area contributed by atoms with E-state index in [4.69, 9.17) is 0 Å². The third-order valence-electron chi connectivity index (χ3n) is 17.7. The molecule has 4 rings (SSSR count). The number of benzene rings is 1. The number of aromatic hydroxyl groups is 1. The van der Waals surface area contributed by atoms with Gasteiger partial charge in [-0.15, -0.1) is 0 Å². The highest BCUT2D eigenvalue weighted by Gasteiger charge is 2.54. The molecule has 0 aromatic heterocycles. The van der Waals surface area contributed by atoms with Gasteiger partial charge in [-0.2, -0.15) is 0 Å². The average molecular weight is 937 g/mol. The number of rotatable bonds is 10. The number of phenolic OH excluding ortho intramolecular Hbond substituents is 1. The maximum absolute atomic E-state index is 12.4. The first kappa shape index (κ1) is 60.4. The van der Waals surface area contributed by atoms with E-state index in [0.29, 0.717) is 47.7 Å². The minimum atomic E-state index is 0.0964. The molecule has 0 atom stereocenters. The predicted octanol–water partition coefficient (Wildman–Crippen LogP) is 14.3. The van der Waals surface area contributed by atoms with Crippen molar-refractivity contribution in [1.29, 1.82) is 0 Å². The highest BCUT2D eigenvalue weighted by molar-refractivity contribution is 5.83. The molecule has 8 heteroatoms. The van der Waals surface area contributed by atoms with Crippen LogP contribution in [0.1, 0.15) is 227 Å². The van der Waals surface area contributed by atoms with Gasteiger partial charge < -0.3 is 24.5 Å². The average Bonchev–Trinajstić information content (AvgIpc) is 3.16. The van der Waals surface area contributed by atoms with Gasteiger partial charge in [0.05, 0.1) is 0 Å². The van der Waals surface area contributed by atoms with E-state index in [1.807, 2.05) is 28.9 Å². The molecule has 0 unspecified atom stereocenters. The number of piperidine rings is 3. The molecule has 1 aromatic rings. The lowest BCUT2D eigenvalue weighted by atomic mass is 9.50. The molecule has 3 saturated heterocycles. The van der Waals surface area contributed by atoms with Crippen molar-refractivity contribution in [3.63, 3.8) is 0 Å². The van der Waals surface area contributed by atoms with Crippen LogP contribution in [0.25, 0.3) is 0 Å². The molecule has 2 amide bonds. The number of carbonyl (C=O) groups is 4. The lowest BCUT2D eigenvalue weighted by Gasteiger charge is -2.57. The number of hydrogen-bond acceptors (Lipinski definition) is 6. The quantitative estimate of drug-likeness (QED) is 0.235. The van der Waals surface area contributed by atoms with Gasteiger partial charge in [0.15, 0.2) is 0 Å². The lowest BCUT2D eigenvalue weighted by Crippen LogP contribution is -2.54. The summed E-state index contributed by atoms with van der Waals surface area (Å²) in [7, 11) is 0. The van der Waals surface area contributed by atoms with E-state index in [-0.39, 0.29) is 55.9 Å². The van der Waals surface area contributed by atoms with Crippen LogP contribution >= 0.6 is 0 Å². The van der Waals surface area contributed by atoms with Gasteiger partial charge in [-0.05, 0) is 157 Å². The van der Waals surface area contributed by atoms with Crippen LogP contribution in [0.3, 0.4) is 0 Å². The Morgan fingerprint density at radius 2 is 0.776 bits per heavy atom. The van der Waals surface area contributed by atoms with Gasteiger partial charge in [0.25, 0.3) is 0 Å². The molecule has 67 heavy (non-hydrogen) atoms. The van der Waals surface area contributed by atoms with Crippen molar-refractivity contribution in [2.75, 3.05) is 39.3 Å². The summed E-state index contributed by atoms with van der Waals surface area (Å²) in [5, 5.41) is 9.80. The highest BCUT2D eigenvalue weighted by Crippen LogP contribution is 2.60. The van der Waals surface area contributed by atoms with Crippen LogP contribution in [0, 0.1) is 55.7 Å². The number of carbonyl (C=O) groups excluding carboxylic acids is 4. The molecule has 3 heterocycles. The van der Waals surface area contributed by atoms with E-state index in [0.717, 1.165) is 89.9 Å². The van der Waals surface area contributed by atoms with Crippen molar-refractivity contribution >= 4 is 23.4 Å². The van der Waals surface area contributed by atoms with Gasteiger partial charge in [-0.3, -0.25) is 14.5 Å². The van der Waals surface area contributed by atoms with E-state index in [1.165, 1.54) is 18.4 Å². The number of Topliss-reactive ketones (excluding diaryl/α,β-unsaturated/α-hetero) is 2. The topological polar surface area (TPSA) is 98.2 Å². The third kappa shape index (κ3) is 15.6. The minimum Gasteiger partial charge on any atom is -0.508 e. The summed E-state index contributed by atoms with van der Waals surface area (Å²) in [6.07, 6.45) is 10.4. The summed E-state index contributed by atoms with van der Waals surface area (Å²) in [4.78, 5) is 53.1. The fourth-order valence-corrected chi connectivity index (χ4v) is 13.7. The smallest absolute Gasteiger partial charge is 0.223 e. The Morgan fingerprint density at radius 3 is 1.09 bits per heavy atom. The summed E-state index contributed by atoms with van der Waals surface area (Å²) in [6.45, 7) is 54.3. The zero-order chi connectivity index (χ0) is 51.8. The first-order valence-electron chi connectivity index (χ1n) is 26.3. The first-order chi connectivity index (χ1) is 30.3. The maximum Gasteiger partial charge on any atom is 0.223 e. The van der Waals surface area contributed by atoms with Crippen molar-refractivity contribution < 1.29 is 24.3 Å². The van der Waals surface area contributed by atoms with Gasteiger partial charge in [0.1, 0.15) is 17.3 Å². The van der Waals surface area contributed by atoms with E-state index >= 15 is 0 Å². The SMILES string of the molecule is CC(=O)CCC(=O)N1CCC(C(C)(C)C)(C(C)(C)C)CC1.CC(=O)CCCCC(=O)N1CCC(C(C)(C)C)(C(C)(C)C)CC1.Cc1cc(O)cc(CN2CCC(C(C)(C)C)(C(C)(C)C)CC2)c1. The van der Waals surface area contributed by atoms with Gasteiger partial charge in [-0.1, -0.05) is 131 Å². The van der Waals surface area contributed by atoms with E-state index in [2.05, 4.69) is 136 Å². The Bertz CT molecular complexity index is 1690. The molecule has 1 N–H and O–H groups in total. The van der Waals surface area contributed by atoms with Crippen LogP contribution in [-0.2, 0) is 25.7 Å². The standard InChI is InChI=1S/C21H35NO.C20H37NO2.C18H33NO2/c1-16-12-17(14-18(23)13-16)15-22-10-8-21(9-11-22,19(2,3)4)20(5,6)7;1-16(22)10-8-9-11-17(23)21-14-12-20(13-15-21,18(2,3)4)19(5,6)7;1-14(20)8-9-15(21)19-12-10-18(11-13-19,16(2,3)4)17(5,6)7/h12-14,23H,8-11,15H2,1-7H3;8-15H2,1-7H3;8-13H2,1-7H3. The number of amides is 2. The Hall–Kier alpha value is -2.74. The Morgan fingerprint density at radius 1 is 0.463 bits per heavy atom. The fourth-order valence-electron chi connectivity index (χ4n) is 13.7. The first-order valence-corrected chi connectivity index (χ1v) is 26.3. The molecule has 0 bridgehead atoms. The molecule has 3 aliphatic heterocycles. The Labute approximate surface area is 412 Å². The van der Waals surface area contributed by atoms with E-state index < -0.39 is 0 Å². The van der Waals surface area contributed by atoms with Crippen molar-refractivity contribution in [2.24, 2.45) is 48.7 Å². The van der Waals surface area contributed by atoms with Crippen LogP contribution in [-0.4, -0.2) is 82.5 Å². The minimum absolute atomic E-state index is 0.0964. The van der Waals surface area contributed by atoms with Gasteiger partial charge in [0.2, 0.25) is 11.8 Å². The summed E-state index contributed by atoms with van der Waals surface area (Å²) in [5.41, 5.74) is 4.81. The number of aryl methyl sites for hydroxylation is 1. The molecule has 386 valence electrons. The van der Waals surface area contributed by atoms with Crippen molar-refractivity contribution in [1.82, 2.24) is 14.7 Å². The molecule has 1 aromatic carbocycles. The van der Waals surface area contributed by atoms with E-state index in [9.17, 15) is 24.3 Å². The number of ketones is 2. The van der Waals surface area contributed by atoms with Gasteiger partial charge in [-0.25, -0.2) is 0 Å². The zero-order valence-electron chi connectivity index (χ0n) is 47.6. The molecule has 8 nitrogen and oxygen atoms in total. The lowest BCUT2D eigenvalue weighted by molar-refractivity contribution is -0.141. The maximum atomic E-state index is 12.4. The van der Waals surface area contributed by atoms with Crippen molar-refractivity contribution in [3.8, 4) is 5.75 Å². The number of nitrogens with zero attached hydrogens (tertiary/aromatic N) is 3. The van der Waals surface area contributed by atoms with Gasteiger partial charge in [0, 0.05) is 58.4 Å². The molecule has 0 aliphatic carbocycles. The molecular formula is C59H105N3O5. The summed E-state index contributed by atoms with van der Waals surface area (Å²) in [6, 6.07) is 5.92. The molecule has 0 saturated carbocycles. The number of phenols is 1. The predicted molar refractivity (Wildman–Crippen MR) is 282 cm³/mol. The Balaban J connectivity index is 0.000000346. The second-order valence-corrected chi connectivity index (χ2v) is 27.6. The fraction of sp³-hybridized carbons (Fsp3) is 0.831. The highest BCUT2D eigenvalue weighted by atomic mass is 16.3. The summed E-state index contributed by atoms with van der Waals surface area (Å²) >= 11 is 0. The second kappa shape index (κ2) is 23.0. The van der Waals surface area contributed by atoms with Crippen LogP contribution in [0.15, 0.2) is 18.2 Å². The largest absolute Gasteiger partial charge is 0.508 e. The normalized spacial score (nSPS) is 19.4. The molecule has 0 spiro atoms. The van der Waals surface area contributed by atoms with Gasteiger partial charge >= 0.3 is 0 Å². The summed E-state index contributed by atoms with van der Waals surface area (Å²) < 4.78 is 0. The number of hydrogen-bond donors (Lipinski definition) is 1. The van der Waals surface area contributed by atoms with E-state index in [1.54, 1.807) is 13.8 Å².